The zero-order valence-electron chi connectivity index (χ0n) is 8.99. The SMILES string of the molecule is CC(=O)NCC(N)C(=O)OC1CCCC1. The van der Waals surface area contributed by atoms with E-state index in [4.69, 9.17) is 10.5 Å². The molecule has 0 saturated heterocycles. The summed E-state index contributed by atoms with van der Waals surface area (Å²) in [5.74, 6) is -0.616. The molecule has 1 saturated carbocycles. The van der Waals surface area contributed by atoms with Crippen LogP contribution in [-0.4, -0.2) is 30.6 Å². The lowest BCUT2D eigenvalue weighted by molar-refractivity contribution is -0.150. The van der Waals surface area contributed by atoms with Crippen molar-refractivity contribution in [2.24, 2.45) is 5.73 Å². The van der Waals surface area contributed by atoms with Gasteiger partial charge in [-0.25, -0.2) is 0 Å². The fraction of sp³-hybridized carbons (Fsp3) is 0.800. The molecule has 1 unspecified atom stereocenters. The topological polar surface area (TPSA) is 81.4 Å². The van der Waals surface area contributed by atoms with Gasteiger partial charge in [0.15, 0.2) is 0 Å². The number of ether oxygens (including phenoxy) is 1. The van der Waals surface area contributed by atoms with Crippen LogP contribution in [-0.2, 0) is 14.3 Å². The number of hydrogen-bond donors (Lipinski definition) is 2. The Hall–Kier alpha value is -1.10. The summed E-state index contributed by atoms with van der Waals surface area (Å²) in [6.07, 6.45) is 4.11. The molecule has 1 rings (SSSR count). The molecular weight excluding hydrogens is 196 g/mol. The van der Waals surface area contributed by atoms with Gasteiger partial charge in [-0.3, -0.25) is 9.59 Å². The van der Waals surface area contributed by atoms with Crippen molar-refractivity contribution in [2.75, 3.05) is 6.54 Å². The van der Waals surface area contributed by atoms with Gasteiger partial charge < -0.3 is 15.8 Å². The van der Waals surface area contributed by atoms with E-state index in [1.54, 1.807) is 0 Å². The normalized spacial score (nSPS) is 18.5. The van der Waals surface area contributed by atoms with Gasteiger partial charge >= 0.3 is 5.97 Å². The molecule has 1 amide bonds. The highest BCUT2D eigenvalue weighted by atomic mass is 16.5. The van der Waals surface area contributed by atoms with E-state index < -0.39 is 12.0 Å². The summed E-state index contributed by atoms with van der Waals surface area (Å²) >= 11 is 0. The molecule has 0 aromatic heterocycles. The number of rotatable bonds is 4. The Kier molecular flexibility index (Phi) is 4.55. The van der Waals surface area contributed by atoms with Crippen molar-refractivity contribution < 1.29 is 14.3 Å². The summed E-state index contributed by atoms with van der Waals surface area (Å²) < 4.78 is 5.19. The maximum atomic E-state index is 11.4. The summed E-state index contributed by atoms with van der Waals surface area (Å²) in [4.78, 5) is 22.0. The Bertz CT molecular complexity index is 237. The maximum absolute atomic E-state index is 11.4. The lowest BCUT2D eigenvalue weighted by Gasteiger charge is -2.15. The van der Waals surface area contributed by atoms with E-state index in [1.165, 1.54) is 6.92 Å². The lowest BCUT2D eigenvalue weighted by atomic mass is 10.3. The number of nitrogens with two attached hydrogens (primary N) is 1. The summed E-state index contributed by atoms with van der Waals surface area (Å²) in [6.45, 7) is 1.52. The van der Waals surface area contributed by atoms with E-state index in [0.717, 1.165) is 25.7 Å². The highest BCUT2D eigenvalue weighted by molar-refractivity contribution is 5.78. The van der Waals surface area contributed by atoms with Crippen LogP contribution in [0.4, 0.5) is 0 Å². The summed E-state index contributed by atoms with van der Waals surface area (Å²) in [6, 6.07) is -0.755. The Labute approximate surface area is 89.3 Å². The molecule has 0 heterocycles. The third-order valence-electron chi connectivity index (χ3n) is 2.46. The number of carbonyl (C=O) groups excluding carboxylic acids is 2. The second-order valence-electron chi connectivity index (χ2n) is 3.89. The van der Waals surface area contributed by atoms with Gasteiger partial charge in [0.2, 0.25) is 5.91 Å². The Balaban J connectivity index is 2.22. The first-order valence-corrected chi connectivity index (χ1v) is 5.30. The van der Waals surface area contributed by atoms with Crippen LogP contribution in [0.25, 0.3) is 0 Å². The third-order valence-corrected chi connectivity index (χ3v) is 2.46. The number of nitrogens with one attached hydrogen (secondary N) is 1. The molecule has 0 aliphatic heterocycles. The lowest BCUT2D eigenvalue weighted by Crippen LogP contribution is -2.43. The van der Waals surface area contributed by atoms with Crippen LogP contribution >= 0.6 is 0 Å². The second kappa shape index (κ2) is 5.70. The van der Waals surface area contributed by atoms with Crippen molar-refractivity contribution in [1.82, 2.24) is 5.32 Å². The minimum Gasteiger partial charge on any atom is -0.461 e. The molecule has 15 heavy (non-hydrogen) atoms. The van der Waals surface area contributed by atoms with Gasteiger partial charge in [-0.1, -0.05) is 0 Å². The fourth-order valence-corrected chi connectivity index (χ4v) is 1.59. The zero-order chi connectivity index (χ0) is 11.3. The molecule has 1 aliphatic carbocycles. The number of carbonyl (C=O) groups is 2. The van der Waals surface area contributed by atoms with Gasteiger partial charge in [-0.15, -0.1) is 0 Å². The first-order chi connectivity index (χ1) is 7.09. The zero-order valence-corrected chi connectivity index (χ0v) is 8.99. The molecule has 1 atom stereocenters. The smallest absolute Gasteiger partial charge is 0.325 e. The van der Waals surface area contributed by atoms with E-state index in [2.05, 4.69) is 5.32 Å². The van der Waals surface area contributed by atoms with Crippen molar-refractivity contribution in [1.29, 1.82) is 0 Å². The van der Waals surface area contributed by atoms with Crippen LogP contribution in [0.15, 0.2) is 0 Å². The Morgan fingerprint density at radius 1 is 1.47 bits per heavy atom. The predicted octanol–water partition coefficient (Wildman–Crippen LogP) is -0.0644. The van der Waals surface area contributed by atoms with Crippen LogP contribution in [0.3, 0.4) is 0 Å². The van der Waals surface area contributed by atoms with E-state index in [1.807, 2.05) is 0 Å². The number of hydrogen-bond acceptors (Lipinski definition) is 4. The standard InChI is InChI=1S/C10H18N2O3/c1-7(13)12-6-9(11)10(14)15-8-4-2-3-5-8/h8-9H,2-6,11H2,1H3,(H,12,13). The van der Waals surface area contributed by atoms with Crippen molar-refractivity contribution in [3.8, 4) is 0 Å². The van der Waals surface area contributed by atoms with Gasteiger partial charge in [0.25, 0.3) is 0 Å². The second-order valence-corrected chi connectivity index (χ2v) is 3.89. The monoisotopic (exact) mass is 214 g/mol. The minimum atomic E-state index is -0.755. The van der Waals surface area contributed by atoms with Gasteiger partial charge in [0.05, 0.1) is 0 Å². The van der Waals surface area contributed by atoms with Crippen LogP contribution in [0.2, 0.25) is 0 Å². The molecule has 86 valence electrons. The van der Waals surface area contributed by atoms with Crippen LogP contribution in [0.5, 0.6) is 0 Å². The van der Waals surface area contributed by atoms with E-state index in [0.29, 0.717) is 0 Å². The number of amides is 1. The Morgan fingerprint density at radius 2 is 2.07 bits per heavy atom. The predicted molar refractivity (Wildman–Crippen MR) is 55.0 cm³/mol. The summed E-state index contributed by atoms with van der Waals surface area (Å²) in [7, 11) is 0. The van der Waals surface area contributed by atoms with Gasteiger partial charge in [-0.05, 0) is 25.7 Å². The summed E-state index contributed by atoms with van der Waals surface area (Å²) in [5.41, 5.74) is 5.55. The quantitative estimate of drug-likeness (QED) is 0.642. The van der Waals surface area contributed by atoms with Crippen molar-refractivity contribution in [2.45, 2.75) is 44.8 Å². The number of esters is 1. The average molecular weight is 214 g/mol. The molecule has 0 aromatic rings. The molecule has 1 aliphatic rings. The average Bonchev–Trinajstić information content (AvgIpc) is 2.66. The van der Waals surface area contributed by atoms with Crippen LogP contribution < -0.4 is 11.1 Å². The van der Waals surface area contributed by atoms with E-state index in [9.17, 15) is 9.59 Å². The molecule has 5 nitrogen and oxygen atoms in total. The van der Waals surface area contributed by atoms with E-state index in [-0.39, 0.29) is 18.6 Å². The molecule has 3 N–H and O–H groups in total. The molecule has 0 bridgehead atoms. The van der Waals surface area contributed by atoms with Crippen molar-refractivity contribution in [3.63, 3.8) is 0 Å². The van der Waals surface area contributed by atoms with Gasteiger partial charge in [0.1, 0.15) is 12.1 Å². The minimum absolute atomic E-state index is 0.0286. The maximum Gasteiger partial charge on any atom is 0.325 e. The Morgan fingerprint density at radius 3 is 2.60 bits per heavy atom. The molecule has 0 aromatic carbocycles. The third kappa shape index (κ3) is 4.29. The molecule has 0 radical (unpaired) electrons. The van der Waals surface area contributed by atoms with Crippen molar-refractivity contribution in [3.05, 3.63) is 0 Å². The largest absolute Gasteiger partial charge is 0.461 e. The molecular formula is C10H18N2O3. The first kappa shape index (κ1) is 12.0. The summed E-state index contributed by atoms with van der Waals surface area (Å²) in [5, 5.41) is 2.49. The van der Waals surface area contributed by atoms with Gasteiger partial charge in [-0.2, -0.15) is 0 Å². The van der Waals surface area contributed by atoms with Crippen LogP contribution in [0, 0.1) is 0 Å². The van der Waals surface area contributed by atoms with Crippen molar-refractivity contribution >= 4 is 11.9 Å². The highest BCUT2D eigenvalue weighted by Crippen LogP contribution is 2.21. The molecule has 5 heteroatoms. The van der Waals surface area contributed by atoms with E-state index >= 15 is 0 Å². The first-order valence-electron chi connectivity index (χ1n) is 5.30. The molecule has 1 fully saturated rings. The fourth-order valence-electron chi connectivity index (χ4n) is 1.59. The van der Waals surface area contributed by atoms with Gasteiger partial charge in [0, 0.05) is 13.5 Å². The molecule has 0 spiro atoms. The highest BCUT2D eigenvalue weighted by Gasteiger charge is 2.22. The van der Waals surface area contributed by atoms with Crippen LogP contribution in [0.1, 0.15) is 32.6 Å².